The molecule has 1 fully saturated rings. The van der Waals surface area contributed by atoms with Crippen molar-refractivity contribution < 1.29 is 0 Å². The molecular weight excluding hydrogens is 224 g/mol. The molecule has 4 heteroatoms. The summed E-state index contributed by atoms with van der Waals surface area (Å²) in [5.74, 6) is 1.11. The minimum Gasteiger partial charge on any atom is -0.356 e. The van der Waals surface area contributed by atoms with Crippen LogP contribution in [0.3, 0.4) is 0 Å². The van der Waals surface area contributed by atoms with Crippen LogP contribution in [0.2, 0.25) is 0 Å². The molecule has 0 aromatic carbocycles. The molecule has 18 heavy (non-hydrogen) atoms. The predicted octanol–water partition coefficient (Wildman–Crippen LogP) is 2.21. The number of nitrogens with one attached hydrogen (secondary N) is 1. The molecule has 0 atom stereocenters. The Hall–Kier alpha value is -1.16. The minimum absolute atomic E-state index is 0.463. The molecule has 0 bridgehead atoms. The minimum atomic E-state index is 0.463. The topological polar surface area (TPSA) is 41.1 Å². The van der Waals surface area contributed by atoms with Gasteiger partial charge in [-0.15, -0.1) is 0 Å². The molecule has 0 aliphatic carbocycles. The highest BCUT2D eigenvalue weighted by atomic mass is 15.2. The molecule has 1 aliphatic heterocycles. The number of nitrogens with zero attached hydrogens (tertiary/aromatic N) is 3. The van der Waals surface area contributed by atoms with Crippen molar-refractivity contribution in [3.8, 4) is 0 Å². The van der Waals surface area contributed by atoms with Gasteiger partial charge in [-0.1, -0.05) is 13.8 Å². The summed E-state index contributed by atoms with van der Waals surface area (Å²) in [6.07, 6.45) is 7.36. The lowest BCUT2D eigenvalue weighted by atomic mass is 9.85. The summed E-state index contributed by atoms with van der Waals surface area (Å²) in [4.78, 5) is 11.0. The molecule has 0 radical (unpaired) electrons. The van der Waals surface area contributed by atoms with Crippen molar-refractivity contribution in [3.05, 3.63) is 18.1 Å². The molecular formula is C14H24N4. The van der Waals surface area contributed by atoms with Crippen molar-refractivity contribution >= 4 is 5.82 Å². The van der Waals surface area contributed by atoms with E-state index in [9.17, 15) is 0 Å². The number of rotatable bonds is 3. The van der Waals surface area contributed by atoms with Gasteiger partial charge in [-0.25, -0.2) is 9.97 Å². The Kier molecular flexibility index (Phi) is 4.17. The quantitative estimate of drug-likeness (QED) is 0.890. The lowest BCUT2D eigenvalue weighted by Crippen LogP contribution is -2.28. The van der Waals surface area contributed by atoms with Crippen LogP contribution in [-0.2, 0) is 6.54 Å². The van der Waals surface area contributed by atoms with E-state index >= 15 is 0 Å². The molecule has 0 unspecified atom stereocenters. The van der Waals surface area contributed by atoms with Gasteiger partial charge in [0.25, 0.3) is 0 Å². The largest absolute Gasteiger partial charge is 0.356 e. The van der Waals surface area contributed by atoms with Crippen LogP contribution in [0, 0.1) is 5.41 Å². The Morgan fingerprint density at radius 3 is 2.94 bits per heavy atom. The van der Waals surface area contributed by atoms with Crippen LogP contribution in [0.1, 0.15) is 38.7 Å². The summed E-state index contributed by atoms with van der Waals surface area (Å²) in [5.41, 5.74) is 1.66. The van der Waals surface area contributed by atoms with E-state index < -0.39 is 0 Å². The summed E-state index contributed by atoms with van der Waals surface area (Å²) >= 11 is 0. The van der Waals surface area contributed by atoms with E-state index in [1.807, 2.05) is 13.2 Å². The van der Waals surface area contributed by atoms with Crippen LogP contribution in [0.4, 0.5) is 5.82 Å². The van der Waals surface area contributed by atoms with E-state index in [1.54, 1.807) is 6.33 Å². The number of hydrogen-bond acceptors (Lipinski definition) is 4. The highest BCUT2D eigenvalue weighted by Crippen LogP contribution is 2.31. The lowest BCUT2D eigenvalue weighted by molar-refractivity contribution is 0.325. The van der Waals surface area contributed by atoms with Crippen LogP contribution < -0.4 is 10.2 Å². The standard InChI is InChI=1S/C14H24N4/c1-14(2)5-4-7-18(8-6-14)13-12(9-15-3)10-16-11-17-13/h10-11,15H,4-9H2,1-3H3. The fraction of sp³-hybridized carbons (Fsp3) is 0.714. The zero-order valence-corrected chi connectivity index (χ0v) is 11.7. The molecule has 1 saturated heterocycles. The highest BCUT2D eigenvalue weighted by Gasteiger charge is 2.24. The molecule has 0 saturated carbocycles. The van der Waals surface area contributed by atoms with E-state index in [0.717, 1.165) is 25.5 Å². The van der Waals surface area contributed by atoms with Gasteiger partial charge in [0, 0.05) is 31.4 Å². The summed E-state index contributed by atoms with van der Waals surface area (Å²) in [6.45, 7) is 7.77. The van der Waals surface area contributed by atoms with Gasteiger partial charge in [0.1, 0.15) is 12.1 Å². The van der Waals surface area contributed by atoms with Gasteiger partial charge in [-0.3, -0.25) is 0 Å². The number of anilines is 1. The van der Waals surface area contributed by atoms with E-state index in [4.69, 9.17) is 0 Å². The van der Waals surface area contributed by atoms with E-state index in [-0.39, 0.29) is 0 Å². The highest BCUT2D eigenvalue weighted by molar-refractivity contribution is 5.45. The van der Waals surface area contributed by atoms with Crippen LogP contribution >= 0.6 is 0 Å². The number of hydrogen-bond donors (Lipinski definition) is 1. The van der Waals surface area contributed by atoms with Crippen molar-refractivity contribution in [1.29, 1.82) is 0 Å². The van der Waals surface area contributed by atoms with Gasteiger partial charge < -0.3 is 10.2 Å². The molecule has 1 aromatic rings. The summed E-state index contributed by atoms with van der Waals surface area (Å²) in [5, 5.41) is 3.19. The third kappa shape index (κ3) is 3.19. The Morgan fingerprint density at radius 2 is 2.17 bits per heavy atom. The SMILES string of the molecule is CNCc1cncnc1N1CCCC(C)(C)CC1. The molecule has 4 nitrogen and oxygen atoms in total. The van der Waals surface area contributed by atoms with E-state index in [2.05, 4.69) is 34.0 Å². The molecule has 1 aromatic heterocycles. The third-order valence-corrected chi connectivity index (χ3v) is 3.77. The average Bonchev–Trinajstić information content (AvgIpc) is 2.52. The zero-order valence-electron chi connectivity index (χ0n) is 11.7. The molecule has 0 amide bonds. The van der Waals surface area contributed by atoms with Crippen molar-refractivity contribution in [3.63, 3.8) is 0 Å². The van der Waals surface area contributed by atoms with Gasteiger partial charge in [-0.2, -0.15) is 0 Å². The summed E-state index contributed by atoms with van der Waals surface area (Å²) in [6, 6.07) is 0. The Labute approximate surface area is 110 Å². The van der Waals surface area contributed by atoms with Crippen molar-refractivity contribution in [1.82, 2.24) is 15.3 Å². The molecule has 2 rings (SSSR count). The van der Waals surface area contributed by atoms with Gasteiger partial charge in [0.15, 0.2) is 0 Å². The fourth-order valence-electron chi connectivity index (χ4n) is 2.59. The molecule has 100 valence electrons. The smallest absolute Gasteiger partial charge is 0.136 e. The molecule has 1 N–H and O–H groups in total. The van der Waals surface area contributed by atoms with Crippen LogP contribution in [-0.4, -0.2) is 30.1 Å². The zero-order chi connectivity index (χ0) is 13.0. The molecule has 0 spiro atoms. The average molecular weight is 248 g/mol. The van der Waals surface area contributed by atoms with Crippen LogP contribution in [0.15, 0.2) is 12.5 Å². The lowest BCUT2D eigenvalue weighted by Gasteiger charge is -2.25. The van der Waals surface area contributed by atoms with Gasteiger partial charge in [0.05, 0.1) is 0 Å². The van der Waals surface area contributed by atoms with Crippen molar-refractivity contribution in [2.75, 3.05) is 25.0 Å². The monoisotopic (exact) mass is 248 g/mol. The molecule has 2 heterocycles. The van der Waals surface area contributed by atoms with Crippen molar-refractivity contribution in [2.45, 2.75) is 39.7 Å². The maximum atomic E-state index is 4.49. The Balaban J connectivity index is 2.15. The number of aromatic nitrogens is 2. The molecule has 1 aliphatic rings. The first-order chi connectivity index (χ1) is 8.62. The first-order valence-electron chi connectivity index (χ1n) is 6.81. The van der Waals surface area contributed by atoms with Gasteiger partial charge >= 0.3 is 0 Å². The third-order valence-electron chi connectivity index (χ3n) is 3.77. The normalized spacial score (nSPS) is 19.6. The predicted molar refractivity (Wildman–Crippen MR) is 74.6 cm³/mol. The first kappa shape index (κ1) is 13.3. The Bertz CT molecular complexity index is 389. The van der Waals surface area contributed by atoms with E-state index in [1.165, 1.54) is 24.8 Å². The Morgan fingerprint density at radius 1 is 1.33 bits per heavy atom. The van der Waals surface area contributed by atoms with E-state index in [0.29, 0.717) is 5.41 Å². The van der Waals surface area contributed by atoms with Crippen LogP contribution in [0.5, 0.6) is 0 Å². The first-order valence-corrected chi connectivity index (χ1v) is 6.81. The van der Waals surface area contributed by atoms with Crippen molar-refractivity contribution in [2.24, 2.45) is 5.41 Å². The van der Waals surface area contributed by atoms with Gasteiger partial charge in [-0.05, 0) is 31.7 Å². The summed E-state index contributed by atoms with van der Waals surface area (Å²) < 4.78 is 0. The maximum absolute atomic E-state index is 4.49. The second-order valence-corrected chi connectivity index (χ2v) is 5.91. The summed E-state index contributed by atoms with van der Waals surface area (Å²) in [7, 11) is 1.96. The second kappa shape index (κ2) is 5.65. The second-order valence-electron chi connectivity index (χ2n) is 5.91. The van der Waals surface area contributed by atoms with Gasteiger partial charge in [0.2, 0.25) is 0 Å². The van der Waals surface area contributed by atoms with Crippen LogP contribution in [0.25, 0.3) is 0 Å². The maximum Gasteiger partial charge on any atom is 0.136 e. The fourth-order valence-corrected chi connectivity index (χ4v) is 2.59.